The molecule has 2 nitrogen and oxygen atoms in total. The Morgan fingerprint density at radius 3 is 2.28 bits per heavy atom. The first-order chi connectivity index (χ1) is 15.5. The molecule has 32 heavy (non-hydrogen) atoms. The summed E-state index contributed by atoms with van der Waals surface area (Å²) in [6.45, 7) is 10.6. The lowest BCUT2D eigenvalue weighted by Gasteiger charge is -2.20. The van der Waals surface area contributed by atoms with Crippen molar-refractivity contribution in [2.24, 2.45) is 5.92 Å². The van der Waals surface area contributed by atoms with Gasteiger partial charge in [-0.3, -0.25) is 0 Å². The number of fused-ring (bicyclic) bond motifs is 3. The van der Waals surface area contributed by atoms with Crippen LogP contribution in [-0.2, 0) is 6.42 Å². The Morgan fingerprint density at radius 2 is 1.62 bits per heavy atom. The highest BCUT2D eigenvalue weighted by Gasteiger charge is 2.16. The number of allylic oxidation sites excluding steroid dienone is 3. The first kappa shape index (κ1) is 22.0. The molecule has 0 aliphatic carbocycles. The van der Waals surface area contributed by atoms with Crippen LogP contribution in [0.1, 0.15) is 39.2 Å². The van der Waals surface area contributed by atoms with E-state index in [-0.39, 0.29) is 0 Å². The van der Waals surface area contributed by atoms with E-state index in [4.69, 9.17) is 0 Å². The van der Waals surface area contributed by atoms with Gasteiger partial charge < -0.3 is 9.47 Å². The number of aromatic nitrogens is 1. The van der Waals surface area contributed by atoms with E-state index in [1.807, 2.05) is 6.08 Å². The van der Waals surface area contributed by atoms with Crippen LogP contribution in [0.3, 0.4) is 0 Å². The molecular formula is C30H34N2. The Labute approximate surface area is 192 Å². The summed E-state index contributed by atoms with van der Waals surface area (Å²) in [6, 6.07) is 24.4. The van der Waals surface area contributed by atoms with Crippen LogP contribution in [0.4, 0.5) is 11.4 Å². The number of nitrogens with zero attached hydrogens (tertiary/aromatic N) is 2. The molecule has 0 saturated carbocycles. The van der Waals surface area contributed by atoms with Crippen LogP contribution in [0.2, 0.25) is 0 Å². The van der Waals surface area contributed by atoms with Gasteiger partial charge in [0, 0.05) is 34.9 Å². The van der Waals surface area contributed by atoms with E-state index in [1.54, 1.807) is 0 Å². The zero-order valence-electron chi connectivity index (χ0n) is 19.8. The number of rotatable bonds is 8. The van der Waals surface area contributed by atoms with Gasteiger partial charge in [0.2, 0.25) is 0 Å². The van der Waals surface area contributed by atoms with Crippen molar-refractivity contribution in [3.8, 4) is 0 Å². The van der Waals surface area contributed by atoms with E-state index < -0.39 is 0 Å². The molecule has 1 aromatic heterocycles. The zero-order chi connectivity index (χ0) is 22.7. The fourth-order valence-corrected chi connectivity index (χ4v) is 4.61. The summed E-state index contributed by atoms with van der Waals surface area (Å²) in [7, 11) is 2.14. The largest absolute Gasteiger partial charge is 0.345 e. The van der Waals surface area contributed by atoms with Crippen molar-refractivity contribution in [3.63, 3.8) is 0 Å². The van der Waals surface area contributed by atoms with E-state index in [9.17, 15) is 0 Å². The Morgan fingerprint density at radius 1 is 0.938 bits per heavy atom. The summed E-state index contributed by atoms with van der Waals surface area (Å²) >= 11 is 0. The Bertz CT molecular complexity index is 1260. The molecule has 164 valence electrons. The monoisotopic (exact) mass is 422 g/mol. The second-order valence-electron chi connectivity index (χ2n) is 8.99. The van der Waals surface area contributed by atoms with Gasteiger partial charge in [-0.05, 0) is 80.1 Å². The summed E-state index contributed by atoms with van der Waals surface area (Å²) < 4.78 is 2.44. The highest BCUT2D eigenvalue weighted by molar-refractivity contribution is 6.11. The summed E-state index contributed by atoms with van der Waals surface area (Å²) in [5, 5.41) is 2.64. The van der Waals surface area contributed by atoms with Gasteiger partial charge in [-0.25, -0.2) is 0 Å². The molecule has 3 aromatic carbocycles. The number of benzene rings is 3. The predicted molar refractivity (Wildman–Crippen MR) is 142 cm³/mol. The SMILES string of the molecule is C=CCC/C(=C\C)n1c2ccc(CC(C)C)cc2c2cc(N(C)c3ccccc3)ccc21. The molecule has 0 spiro atoms. The van der Waals surface area contributed by atoms with Crippen molar-refractivity contribution < 1.29 is 0 Å². The third kappa shape index (κ3) is 4.23. The standard InChI is InChI=1S/C30H34N2/c1-6-8-12-24(7-2)32-29-17-15-23(19-22(3)4)20-27(29)28-21-26(16-18-30(28)32)31(5)25-13-10-9-11-14-25/h6-7,9-11,13-18,20-22H,1,8,12,19H2,2-5H3/b24-7+. The van der Waals surface area contributed by atoms with Gasteiger partial charge in [0.05, 0.1) is 11.0 Å². The first-order valence-electron chi connectivity index (χ1n) is 11.7. The third-order valence-corrected chi connectivity index (χ3v) is 6.21. The van der Waals surface area contributed by atoms with Gasteiger partial charge >= 0.3 is 0 Å². The van der Waals surface area contributed by atoms with Crippen molar-refractivity contribution in [2.45, 2.75) is 40.0 Å². The normalized spacial score (nSPS) is 12.1. The average molecular weight is 423 g/mol. The van der Waals surface area contributed by atoms with Crippen LogP contribution >= 0.6 is 0 Å². The Kier molecular flexibility index (Phi) is 6.50. The molecule has 0 saturated heterocycles. The lowest BCUT2D eigenvalue weighted by molar-refractivity contribution is 0.648. The first-order valence-corrected chi connectivity index (χ1v) is 11.7. The number of hydrogen-bond donors (Lipinski definition) is 0. The topological polar surface area (TPSA) is 8.17 Å². The molecule has 0 atom stereocenters. The quantitative estimate of drug-likeness (QED) is 0.258. The van der Waals surface area contributed by atoms with Gasteiger partial charge in [0.15, 0.2) is 0 Å². The van der Waals surface area contributed by atoms with Crippen LogP contribution in [0.15, 0.2) is 85.5 Å². The minimum Gasteiger partial charge on any atom is -0.345 e. The molecule has 4 aromatic rings. The van der Waals surface area contributed by atoms with Crippen LogP contribution in [0, 0.1) is 5.92 Å². The molecular weight excluding hydrogens is 388 g/mol. The third-order valence-electron chi connectivity index (χ3n) is 6.21. The molecule has 0 N–H and O–H groups in total. The minimum atomic E-state index is 0.638. The number of anilines is 2. The highest BCUT2D eigenvalue weighted by atomic mass is 15.1. The van der Waals surface area contributed by atoms with Crippen molar-refractivity contribution >= 4 is 38.9 Å². The second kappa shape index (κ2) is 9.48. The van der Waals surface area contributed by atoms with Crippen LogP contribution in [-0.4, -0.2) is 11.6 Å². The van der Waals surface area contributed by atoms with Gasteiger partial charge in [-0.1, -0.05) is 50.3 Å². The van der Waals surface area contributed by atoms with Gasteiger partial charge in [-0.15, -0.1) is 6.58 Å². The van der Waals surface area contributed by atoms with E-state index in [1.165, 1.54) is 44.4 Å². The van der Waals surface area contributed by atoms with Crippen LogP contribution < -0.4 is 4.90 Å². The molecule has 0 amide bonds. The highest BCUT2D eigenvalue weighted by Crippen LogP contribution is 2.37. The maximum Gasteiger partial charge on any atom is 0.0539 e. The van der Waals surface area contributed by atoms with Crippen LogP contribution in [0.5, 0.6) is 0 Å². The fourth-order valence-electron chi connectivity index (χ4n) is 4.61. The van der Waals surface area contributed by atoms with Crippen LogP contribution in [0.25, 0.3) is 27.5 Å². The Hall–Kier alpha value is -3.26. The number of hydrogen-bond acceptors (Lipinski definition) is 1. The Balaban J connectivity index is 1.93. The van der Waals surface area contributed by atoms with Gasteiger partial charge in [0.25, 0.3) is 0 Å². The molecule has 0 unspecified atom stereocenters. The lowest BCUT2D eigenvalue weighted by Crippen LogP contribution is -2.08. The van der Waals surface area contributed by atoms with Crippen molar-refractivity contribution in [3.05, 3.63) is 91.0 Å². The summed E-state index contributed by atoms with van der Waals surface area (Å²) in [5.41, 5.74) is 7.67. The van der Waals surface area contributed by atoms with E-state index in [0.29, 0.717) is 5.92 Å². The number of para-hydroxylation sites is 1. The zero-order valence-corrected chi connectivity index (χ0v) is 19.8. The fraction of sp³-hybridized carbons (Fsp3) is 0.267. The van der Waals surface area contributed by atoms with Crippen molar-refractivity contribution in [1.82, 2.24) is 4.57 Å². The molecule has 0 radical (unpaired) electrons. The van der Waals surface area contributed by atoms with Gasteiger partial charge in [0.1, 0.15) is 0 Å². The summed E-state index contributed by atoms with van der Waals surface area (Å²) in [4.78, 5) is 2.26. The summed E-state index contributed by atoms with van der Waals surface area (Å²) in [6.07, 6.45) is 7.30. The molecule has 0 bridgehead atoms. The van der Waals surface area contributed by atoms with E-state index >= 15 is 0 Å². The lowest BCUT2D eigenvalue weighted by atomic mass is 10.0. The summed E-state index contributed by atoms with van der Waals surface area (Å²) in [5.74, 6) is 0.638. The predicted octanol–water partition coefficient (Wildman–Crippen LogP) is 8.59. The van der Waals surface area contributed by atoms with E-state index in [2.05, 4.69) is 117 Å². The molecule has 1 heterocycles. The molecule has 0 aliphatic heterocycles. The van der Waals surface area contributed by atoms with Crippen molar-refractivity contribution in [1.29, 1.82) is 0 Å². The maximum absolute atomic E-state index is 3.93. The second-order valence-corrected chi connectivity index (χ2v) is 8.99. The van der Waals surface area contributed by atoms with Crippen molar-refractivity contribution in [2.75, 3.05) is 11.9 Å². The maximum atomic E-state index is 3.93. The smallest absolute Gasteiger partial charge is 0.0539 e. The van der Waals surface area contributed by atoms with Gasteiger partial charge in [-0.2, -0.15) is 0 Å². The minimum absolute atomic E-state index is 0.638. The average Bonchev–Trinajstić information content (AvgIpc) is 3.12. The molecule has 4 rings (SSSR count). The molecule has 0 aliphatic rings. The van der Waals surface area contributed by atoms with E-state index in [0.717, 1.165) is 19.3 Å². The molecule has 2 heteroatoms. The molecule has 0 fully saturated rings.